The second-order valence-electron chi connectivity index (χ2n) is 5.21. The molecular formula is C15H19BrO4. The Morgan fingerprint density at radius 2 is 1.90 bits per heavy atom. The van der Waals surface area contributed by atoms with E-state index >= 15 is 0 Å². The number of ether oxygens (including phenoxy) is 2. The number of aliphatic carboxylic acids is 1. The number of carboxylic acid groups (broad SMARTS) is 1. The minimum atomic E-state index is -0.817. The van der Waals surface area contributed by atoms with Gasteiger partial charge in [0.1, 0.15) is 0 Å². The molecule has 1 aromatic rings. The zero-order valence-electron chi connectivity index (χ0n) is 12.0. The molecule has 20 heavy (non-hydrogen) atoms. The van der Waals surface area contributed by atoms with E-state index in [1.165, 1.54) is 0 Å². The lowest BCUT2D eigenvalue weighted by Gasteiger charge is -2.29. The molecule has 0 bridgehead atoms. The Morgan fingerprint density at radius 1 is 1.30 bits per heavy atom. The highest BCUT2D eigenvalue weighted by atomic mass is 79.9. The fourth-order valence-electron chi connectivity index (χ4n) is 3.21. The Kier molecular flexibility index (Phi) is 4.28. The van der Waals surface area contributed by atoms with Gasteiger partial charge in [-0.1, -0.05) is 12.8 Å². The first-order valence-electron chi connectivity index (χ1n) is 6.63. The number of hydrogen-bond acceptors (Lipinski definition) is 3. The van der Waals surface area contributed by atoms with Crippen LogP contribution in [0.2, 0.25) is 0 Å². The van der Waals surface area contributed by atoms with Crippen molar-refractivity contribution < 1.29 is 19.4 Å². The van der Waals surface area contributed by atoms with Crippen molar-refractivity contribution in [2.45, 2.75) is 38.0 Å². The first-order chi connectivity index (χ1) is 9.47. The summed E-state index contributed by atoms with van der Waals surface area (Å²) in [6.07, 6.45) is 3.20. The van der Waals surface area contributed by atoms with Crippen molar-refractivity contribution in [3.05, 3.63) is 21.7 Å². The second kappa shape index (κ2) is 5.64. The maximum Gasteiger partial charge on any atom is 0.314 e. The highest BCUT2D eigenvalue weighted by Crippen LogP contribution is 2.50. The molecule has 0 saturated heterocycles. The van der Waals surface area contributed by atoms with E-state index in [2.05, 4.69) is 15.9 Å². The first kappa shape index (κ1) is 15.2. The van der Waals surface area contributed by atoms with Crippen LogP contribution in [0.3, 0.4) is 0 Å². The second-order valence-corrected chi connectivity index (χ2v) is 6.01. The zero-order valence-corrected chi connectivity index (χ0v) is 13.5. The quantitative estimate of drug-likeness (QED) is 0.906. The Bertz CT molecular complexity index is 533. The Labute approximate surface area is 127 Å². The molecule has 1 aliphatic carbocycles. The Morgan fingerprint density at radius 3 is 2.35 bits per heavy atom. The first-order valence-corrected chi connectivity index (χ1v) is 7.42. The molecule has 0 atom stereocenters. The Balaban J connectivity index is 2.70. The van der Waals surface area contributed by atoms with Gasteiger partial charge in [-0.25, -0.2) is 0 Å². The van der Waals surface area contributed by atoms with Crippen LogP contribution in [0.5, 0.6) is 11.5 Å². The van der Waals surface area contributed by atoms with Crippen LogP contribution < -0.4 is 9.47 Å². The number of hydrogen-bond donors (Lipinski definition) is 1. The summed E-state index contributed by atoms with van der Waals surface area (Å²) in [5.41, 5.74) is 0.918. The molecule has 0 amide bonds. The predicted molar refractivity (Wildman–Crippen MR) is 79.8 cm³/mol. The lowest BCUT2D eigenvalue weighted by Crippen LogP contribution is -2.34. The molecule has 2 rings (SSSR count). The molecule has 1 fully saturated rings. The third-order valence-corrected chi connectivity index (χ3v) is 4.91. The lowest BCUT2D eigenvalue weighted by molar-refractivity contribution is -0.143. The number of benzene rings is 1. The van der Waals surface area contributed by atoms with Gasteiger partial charge in [-0.3, -0.25) is 4.79 Å². The van der Waals surface area contributed by atoms with E-state index in [9.17, 15) is 9.90 Å². The molecule has 0 unspecified atom stereocenters. The van der Waals surface area contributed by atoms with Crippen LogP contribution in [0.15, 0.2) is 10.5 Å². The minimum Gasteiger partial charge on any atom is -0.493 e. The van der Waals surface area contributed by atoms with Crippen molar-refractivity contribution >= 4 is 21.9 Å². The topological polar surface area (TPSA) is 55.8 Å². The summed E-state index contributed by atoms with van der Waals surface area (Å²) in [7, 11) is 3.13. The van der Waals surface area contributed by atoms with Gasteiger partial charge >= 0.3 is 5.97 Å². The van der Waals surface area contributed by atoms with Gasteiger partial charge in [-0.05, 0) is 52.9 Å². The van der Waals surface area contributed by atoms with Gasteiger partial charge in [-0.2, -0.15) is 0 Å². The lowest BCUT2D eigenvalue weighted by atomic mass is 9.76. The SMILES string of the molecule is COc1cc(C)c(C2(C(=O)O)CCCC2)c(Br)c1OC. The Hall–Kier alpha value is -1.23. The normalized spacial score (nSPS) is 17.0. The smallest absolute Gasteiger partial charge is 0.314 e. The number of halogens is 1. The van der Waals surface area contributed by atoms with Crippen molar-refractivity contribution in [1.82, 2.24) is 0 Å². The van der Waals surface area contributed by atoms with Crippen LogP contribution in [0.25, 0.3) is 0 Å². The summed E-state index contributed by atoms with van der Waals surface area (Å²) in [6, 6.07) is 1.85. The van der Waals surface area contributed by atoms with E-state index in [1.54, 1.807) is 14.2 Å². The van der Waals surface area contributed by atoms with Gasteiger partial charge in [0, 0.05) is 0 Å². The van der Waals surface area contributed by atoms with Crippen LogP contribution in [0.1, 0.15) is 36.8 Å². The average molecular weight is 343 g/mol. The van der Waals surface area contributed by atoms with E-state index in [4.69, 9.17) is 9.47 Å². The average Bonchev–Trinajstić information content (AvgIpc) is 2.88. The van der Waals surface area contributed by atoms with E-state index in [1.807, 2.05) is 13.0 Å². The highest BCUT2D eigenvalue weighted by Gasteiger charge is 2.46. The molecule has 5 heteroatoms. The molecule has 0 radical (unpaired) electrons. The third-order valence-electron chi connectivity index (χ3n) is 4.15. The summed E-state index contributed by atoms with van der Waals surface area (Å²) >= 11 is 3.53. The standard InChI is InChI=1S/C15H19BrO4/c1-9-8-10(19-2)13(20-3)12(16)11(9)15(14(17)18)6-4-5-7-15/h8H,4-7H2,1-3H3,(H,17,18). The largest absolute Gasteiger partial charge is 0.493 e. The van der Waals surface area contributed by atoms with Gasteiger partial charge < -0.3 is 14.6 Å². The van der Waals surface area contributed by atoms with Gasteiger partial charge in [0.05, 0.1) is 24.1 Å². The molecule has 0 spiro atoms. The van der Waals surface area contributed by atoms with E-state index in [0.717, 1.165) is 24.0 Å². The summed E-state index contributed by atoms with van der Waals surface area (Å²) in [5.74, 6) is 0.408. The number of methoxy groups -OCH3 is 2. The number of carbonyl (C=O) groups is 1. The van der Waals surface area contributed by atoms with E-state index in [-0.39, 0.29) is 0 Å². The molecule has 1 N–H and O–H groups in total. The molecule has 1 aromatic carbocycles. The van der Waals surface area contributed by atoms with Crippen LogP contribution in [-0.4, -0.2) is 25.3 Å². The number of carboxylic acids is 1. The van der Waals surface area contributed by atoms with Crippen molar-refractivity contribution in [2.24, 2.45) is 0 Å². The van der Waals surface area contributed by atoms with E-state index in [0.29, 0.717) is 28.8 Å². The van der Waals surface area contributed by atoms with E-state index < -0.39 is 11.4 Å². The third kappa shape index (κ3) is 2.18. The minimum absolute atomic E-state index is 0.556. The van der Waals surface area contributed by atoms with Crippen LogP contribution in [-0.2, 0) is 10.2 Å². The van der Waals surface area contributed by atoms with Gasteiger partial charge in [0.15, 0.2) is 11.5 Å². The highest BCUT2D eigenvalue weighted by molar-refractivity contribution is 9.10. The number of rotatable bonds is 4. The fourth-order valence-corrected chi connectivity index (χ4v) is 4.26. The van der Waals surface area contributed by atoms with Crippen LogP contribution in [0, 0.1) is 6.92 Å². The maximum absolute atomic E-state index is 11.9. The molecular weight excluding hydrogens is 324 g/mol. The summed E-state index contributed by atoms with van der Waals surface area (Å²) in [6.45, 7) is 1.92. The van der Waals surface area contributed by atoms with Crippen molar-refractivity contribution in [3.63, 3.8) is 0 Å². The van der Waals surface area contributed by atoms with Gasteiger partial charge in [0.25, 0.3) is 0 Å². The fraction of sp³-hybridized carbons (Fsp3) is 0.533. The molecule has 1 saturated carbocycles. The zero-order chi connectivity index (χ0) is 14.9. The molecule has 110 valence electrons. The van der Waals surface area contributed by atoms with Crippen molar-refractivity contribution in [2.75, 3.05) is 14.2 Å². The molecule has 0 aliphatic heterocycles. The van der Waals surface area contributed by atoms with Crippen molar-refractivity contribution in [1.29, 1.82) is 0 Å². The van der Waals surface area contributed by atoms with Gasteiger partial charge in [0.2, 0.25) is 0 Å². The molecule has 0 aromatic heterocycles. The number of aryl methyl sites for hydroxylation is 1. The maximum atomic E-state index is 11.9. The van der Waals surface area contributed by atoms with Crippen LogP contribution in [0.4, 0.5) is 0 Å². The van der Waals surface area contributed by atoms with Crippen molar-refractivity contribution in [3.8, 4) is 11.5 Å². The van der Waals surface area contributed by atoms with Gasteiger partial charge in [-0.15, -0.1) is 0 Å². The summed E-state index contributed by atoms with van der Waals surface area (Å²) < 4.78 is 11.4. The monoisotopic (exact) mass is 342 g/mol. The predicted octanol–water partition coefficient (Wildman–Crippen LogP) is 3.67. The summed E-state index contributed by atoms with van der Waals surface area (Å²) in [4.78, 5) is 11.9. The van der Waals surface area contributed by atoms with Crippen LogP contribution >= 0.6 is 15.9 Å². The molecule has 4 nitrogen and oxygen atoms in total. The summed E-state index contributed by atoms with van der Waals surface area (Å²) in [5, 5.41) is 9.76. The molecule has 0 heterocycles. The molecule has 1 aliphatic rings.